The van der Waals surface area contributed by atoms with Crippen molar-refractivity contribution in [3.05, 3.63) is 59.8 Å². The van der Waals surface area contributed by atoms with E-state index in [0.717, 1.165) is 40.4 Å². The van der Waals surface area contributed by atoms with E-state index in [2.05, 4.69) is 15.7 Å². The van der Waals surface area contributed by atoms with Gasteiger partial charge in [0.2, 0.25) is 0 Å². The molecule has 7 heteroatoms. The zero-order valence-corrected chi connectivity index (χ0v) is 15.4. The molecule has 0 aliphatic carbocycles. The van der Waals surface area contributed by atoms with Crippen molar-refractivity contribution in [2.24, 2.45) is 7.05 Å². The average Bonchev–Trinajstić information content (AvgIpc) is 2.94. The molecule has 0 radical (unpaired) electrons. The van der Waals surface area contributed by atoms with Gasteiger partial charge in [-0.05, 0) is 30.3 Å². The second kappa shape index (κ2) is 6.60. The maximum Gasteiger partial charge on any atom is 0.255 e. The largest absolute Gasteiger partial charge is 0.490 e. The van der Waals surface area contributed by atoms with E-state index in [1.165, 1.54) is 0 Å². The van der Waals surface area contributed by atoms with E-state index in [0.29, 0.717) is 18.8 Å². The van der Waals surface area contributed by atoms with E-state index in [1.807, 2.05) is 55.7 Å². The third-order valence-corrected chi connectivity index (χ3v) is 4.94. The summed E-state index contributed by atoms with van der Waals surface area (Å²) in [5.74, 6) is 1.36. The number of anilines is 1. The van der Waals surface area contributed by atoms with Crippen LogP contribution in [0.3, 0.4) is 0 Å². The molecule has 3 aromatic rings. The smallest absolute Gasteiger partial charge is 0.255 e. The fourth-order valence-corrected chi connectivity index (χ4v) is 3.62. The maximum absolute atomic E-state index is 12.5. The summed E-state index contributed by atoms with van der Waals surface area (Å²) >= 11 is 0. The van der Waals surface area contributed by atoms with Crippen molar-refractivity contribution in [3.8, 4) is 22.8 Å². The highest BCUT2D eigenvalue weighted by molar-refractivity contribution is 6.01. The molecular formula is C21H20N4O3. The van der Waals surface area contributed by atoms with Crippen molar-refractivity contribution in [2.45, 2.75) is 12.6 Å². The highest BCUT2D eigenvalue weighted by atomic mass is 16.5. The lowest BCUT2D eigenvalue weighted by atomic mass is 10.0. The fraction of sp³-hybridized carbons (Fsp3) is 0.238. The molecule has 2 N–H and O–H groups in total. The first-order valence-electron chi connectivity index (χ1n) is 9.29. The van der Waals surface area contributed by atoms with Crippen molar-refractivity contribution in [1.29, 1.82) is 0 Å². The molecule has 5 rings (SSSR count). The van der Waals surface area contributed by atoms with Gasteiger partial charge < -0.3 is 20.1 Å². The van der Waals surface area contributed by atoms with Crippen LogP contribution in [0.5, 0.6) is 11.5 Å². The Kier molecular flexibility index (Phi) is 3.93. The predicted molar refractivity (Wildman–Crippen MR) is 105 cm³/mol. The Morgan fingerprint density at radius 3 is 2.79 bits per heavy atom. The minimum absolute atomic E-state index is 0.104. The summed E-state index contributed by atoms with van der Waals surface area (Å²) in [5.41, 5.74) is 4.04. The molecule has 3 heterocycles. The highest BCUT2D eigenvalue weighted by Gasteiger charge is 2.28. The zero-order valence-electron chi connectivity index (χ0n) is 15.4. The number of para-hydroxylation sites is 1. The molecular weight excluding hydrogens is 356 g/mol. The number of benzene rings is 2. The molecule has 2 aliphatic heterocycles. The lowest BCUT2D eigenvalue weighted by molar-refractivity contribution is 0.0936. The molecule has 0 unspecified atom stereocenters. The Morgan fingerprint density at radius 1 is 1.07 bits per heavy atom. The number of carbonyl (C=O) groups excluding carboxylic acids is 1. The number of hydrogen-bond donors (Lipinski definition) is 2. The van der Waals surface area contributed by atoms with Crippen LogP contribution in [-0.4, -0.2) is 28.9 Å². The summed E-state index contributed by atoms with van der Waals surface area (Å²) in [5, 5.41) is 11.1. The van der Waals surface area contributed by atoms with Gasteiger partial charge in [-0.15, -0.1) is 0 Å². The Balaban J connectivity index is 1.54. The van der Waals surface area contributed by atoms with Crippen LogP contribution in [0.4, 0.5) is 5.69 Å². The zero-order chi connectivity index (χ0) is 19.1. The number of aromatic nitrogens is 2. The van der Waals surface area contributed by atoms with Crippen LogP contribution < -0.4 is 20.1 Å². The van der Waals surface area contributed by atoms with Crippen LogP contribution in [-0.2, 0) is 7.05 Å². The van der Waals surface area contributed by atoms with Gasteiger partial charge in [0.25, 0.3) is 5.91 Å². The SMILES string of the molecule is Cn1cc([C@@H]2NC(=O)c3ccccc3N2)c(-c2ccc3c(c2)OCCCO3)n1. The quantitative estimate of drug-likeness (QED) is 0.719. The lowest BCUT2D eigenvalue weighted by Crippen LogP contribution is -2.38. The van der Waals surface area contributed by atoms with Crippen molar-refractivity contribution >= 4 is 11.6 Å². The van der Waals surface area contributed by atoms with Gasteiger partial charge in [0, 0.05) is 36.5 Å². The van der Waals surface area contributed by atoms with E-state index in [-0.39, 0.29) is 12.1 Å². The summed E-state index contributed by atoms with van der Waals surface area (Å²) < 4.78 is 13.3. The number of aryl methyl sites for hydroxylation is 1. The van der Waals surface area contributed by atoms with E-state index in [9.17, 15) is 4.79 Å². The van der Waals surface area contributed by atoms with Crippen LogP contribution in [0.25, 0.3) is 11.3 Å². The van der Waals surface area contributed by atoms with E-state index >= 15 is 0 Å². The third-order valence-electron chi connectivity index (χ3n) is 4.94. The first-order chi connectivity index (χ1) is 13.7. The average molecular weight is 376 g/mol. The summed E-state index contributed by atoms with van der Waals surface area (Å²) in [6, 6.07) is 13.3. The van der Waals surface area contributed by atoms with Gasteiger partial charge >= 0.3 is 0 Å². The minimum Gasteiger partial charge on any atom is -0.490 e. The molecule has 0 fully saturated rings. The Hall–Kier alpha value is -3.48. The van der Waals surface area contributed by atoms with Crippen LogP contribution in [0.15, 0.2) is 48.7 Å². The van der Waals surface area contributed by atoms with Crippen LogP contribution in [0.2, 0.25) is 0 Å². The summed E-state index contributed by atoms with van der Waals surface area (Å²) in [6.45, 7) is 1.28. The molecule has 2 aromatic carbocycles. The van der Waals surface area contributed by atoms with Gasteiger partial charge in [0.05, 0.1) is 24.5 Å². The number of nitrogens with zero attached hydrogens (tertiary/aromatic N) is 2. The monoisotopic (exact) mass is 376 g/mol. The van der Waals surface area contributed by atoms with Crippen LogP contribution in [0.1, 0.15) is 28.5 Å². The standard InChI is InChI=1S/C21H20N4O3/c1-25-12-15(20-22-16-6-3-2-5-14(16)21(26)23-20)19(24-25)13-7-8-17-18(11-13)28-10-4-9-27-17/h2-3,5-8,11-12,20,22H,4,9-10H2,1H3,(H,23,26)/t20-/m0/s1. The minimum atomic E-state index is -0.373. The second-order valence-electron chi connectivity index (χ2n) is 6.92. The molecule has 1 atom stereocenters. The van der Waals surface area contributed by atoms with Crippen LogP contribution >= 0.6 is 0 Å². The number of nitrogens with one attached hydrogen (secondary N) is 2. The molecule has 1 aromatic heterocycles. The molecule has 7 nitrogen and oxygen atoms in total. The molecule has 0 bridgehead atoms. The summed E-state index contributed by atoms with van der Waals surface area (Å²) in [7, 11) is 1.87. The van der Waals surface area contributed by atoms with Crippen molar-refractivity contribution in [2.75, 3.05) is 18.5 Å². The topological polar surface area (TPSA) is 77.4 Å². The normalized spacial score (nSPS) is 17.9. The van der Waals surface area contributed by atoms with Gasteiger partial charge in [0.1, 0.15) is 6.17 Å². The summed E-state index contributed by atoms with van der Waals surface area (Å²) in [6.07, 6.45) is 2.41. The fourth-order valence-electron chi connectivity index (χ4n) is 3.62. The Labute approximate surface area is 162 Å². The van der Waals surface area contributed by atoms with E-state index < -0.39 is 0 Å². The lowest BCUT2D eigenvalue weighted by Gasteiger charge is -2.27. The Morgan fingerprint density at radius 2 is 1.89 bits per heavy atom. The van der Waals surface area contributed by atoms with Gasteiger partial charge in [-0.3, -0.25) is 9.48 Å². The molecule has 0 saturated carbocycles. The first kappa shape index (κ1) is 16.7. The number of carbonyl (C=O) groups is 1. The van der Waals surface area contributed by atoms with E-state index in [4.69, 9.17) is 9.47 Å². The van der Waals surface area contributed by atoms with E-state index in [1.54, 1.807) is 4.68 Å². The number of amides is 1. The number of rotatable bonds is 2. The number of hydrogen-bond acceptors (Lipinski definition) is 5. The molecule has 142 valence electrons. The van der Waals surface area contributed by atoms with Crippen molar-refractivity contribution < 1.29 is 14.3 Å². The first-order valence-corrected chi connectivity index (χ1v) is 9.29. The molecule has 28 heavy (non-hydrogen) atoms. The maximum atomic E-state index is 12.5. The molecule has 0 saturated heterocycles. The van der Waals surface area contributed by atoms with Crippen LogP contribution in [0, 0.1) is 0 Å². The van der Waals surface area contributed by atoms with Gasteiger partial charge in [0.15, 0.2) is 11.5 Å². The Bertz CT molecular complexity index is 1060. The van der Waals surface area contributed by atoms with Gasteiger partial charge in [-0.1, -0.05) is 12.1 Å². The molecule has 1 amide bonds. The molecule has 2 aliphatic rings. The third kappa shape index (κ3) is 2.85. The second-order valence-corrected chi connectivity index (χ2v) is 6.92. The van der Waals surface area contributed by atoms with Gasteiger partial charge in [-0.25, -0.2) is 0 Å². The summed E-state index contributed by atoms with van der Waals surface area (Å²) in [4.78, 5) is 12.5. The highest BCUT2D eigenvalue weighted by Crippen LogP contribution is 2.37. The van der Waals surface area contributed by atoms with Gasteiger partial charge in [-0.2, -0.15) is 5.10 Å². The van der Waals surface area contributed by atoms with Crippen molar-refractivity contribution in [1.82, 2.24) is 15.1 Å². The number of fused-ring (bicyclic) bond motifs is 2. The van der Waals surface area contributed by atoms with Crippen molar-refractivity contribution in [3.63, 3.8) is 0 Å². The predicted octanol–water partition coefficient (Wildman–Crippen LogP) is 3.10. The number of ether oxygens (including phenoxy) is 2. The molecule has 0 spiro atoms.